The van der Waals surface area contributed by atoms with Gasteiger partial charge < -0.3 is 10.5 Å². The van der Waals surface area contributed by atoms with Crippen molar-refractivity contribution in [2.45, 2.75) is 17.2 Å². The molecule has 1 saturated carbocycles. The largest absolute Gasteiger partial charge is 0.399 e. The van der Waals surface area contributed by atoms with Gasteiger partial charge in [0.1, 0.15) is 0 Å². The Morgan fingerprint density at radius 1 is 1.47 bits per heavy atom. The SMILES string of the molecule is Nc1ccc2nc(SCOCC3CC3)sc2c1. The van der Waals surface area contributed by atoms with Crippen molar-refractivity contribution in [3.8, 4) is 0 Å². The number of anilines is 1. The summed E-state index contributed by atoms with van der Waals surface area (Å²) in [6.07, 6.45) is 2.68. The van der Waals surface area contributed by atoms with Gasteiger partial charge in [0.15, 0.2) is 4.34 Å². The van der Waals surface area contributed by atoms with Crippen LogP contribution in [-0.4, -0.2) is 17.5 Å². The molecule has 1 aromatic heterocycles. The van der Waals surface area contributed by atoms with Crippen molar-refractivity contribution in [2.24, 2.45) is 5.92 Å². The zero-order chi connectivity index (χ0) is 11.7. The Bertz CT molecular complexity index is 522. The number of nitrogen functional groups attached to an aromatic ring is 1. The lowest BCUT2D eigenvalue weighted by Crippen LogP contribution is -1.94. The summed E-state index contributed by atoms with van der Waals surface area (Å²) < 4.78 is 7.79. The standard InChI is InChI=1S/C12H14N2OS2/c13-9-3-4-10-11(5-9)17-12(14-10)16-7-15-6-8-1-2-8/h3-5,8H,1-2,6-7,13H2. The number of hydrogen-bond donors (Lipinski definition) is 1. The highest BCUT2D eigenvalue weighted by Gasteiger charge is 2.21. The monoisotopic (exact) mass is 266 g/mol. The lowest BCUT2D eigenvalue weighted by atomic mass is 10.3. The fraction of sp³-hybridized carbons (Fsp3) is 0.417. The van der Waals surface area contributed by atoms with Crippen LogP contribution in [0.5, 0.6) is 0 Å². The summed E-state index contributed by atoms with van der Waals surface area (Å²) in [7, 11) is 0. The molecular weight excluding hydrogens is 252 g/mol. The maximum atomic E-state index is 5.74. The molecular formula is C12H14N2OS2. The number of fused-ring (bicyclic) bond motifs is 1. The Balaban J connectivity index is 1.60. The molecule has 1 heterocycles. The molecule has 0 unspecified atom stereocenters. The molecule has 2 aromatic rings. The topological polar surface area (TPSA) is 48.1 Å². The van der Waals surface area contributed by atoms with Gasteiger partial charge in [0.05, 0.1) is 22.8 Å². The summed E-state index contributed by atoms with van der Waals surface area (Å²) >= 11 is 3.34. The first-order valence-electron chi connectivity index (χ1n) is 5.68. The van der Waals surface area contributed by atoms with Gasteiger partial charge in [-0.2, -0.15) is 0 Å². The van der Waals surface area contributed by atoms with Crippen molar-refractivity contribution >= 4 is 39.0 Å². The first kappa shape index (κ1) is 11.3. The number of hydrogen-bond acceptors (Lipinski definition) is 5. The third kappa shape index (κ3) is 2.91. The smallest absolute Gasteiger partial charge is 0.153 e. The Kier molecular flexibility index (Phi) is 3.22. The number of thioether (sulfide) groups is 1. The van der Waals surface area contributed by atoms with Gasteiger partial charge in [-0.05, 0) is 37.0 Å². The minimum Gasteiger partial charge on any atom is -0.399 e. The van der Waals surface area contributed by atoms with Crippen molar-refractivity contribution in [1.29, 1.82) is 0 Å². The first-order valence-corrected chi connectivity index (χ1v) is 7.48. The van der Waals surface area contributed by atoms with Gasteiger partial charge >= 0.3 is 0 Å². The molecule has 0 saturated heterocycles. The van der Waals surface area contributed by atoms with E-state index in [9.17, 15) is 0 Å². The molecule has 90 valence electrons. The van der Waals surface area contributed by atoms with Crippen molar-refractivity contribution in [2.75, 3.05) is 18.3 Å². The number of thiazole rings is 1. The van der Waals surface area contributed by atoms with Crippen LogP contribution < -0.4 is 5.73 Å². The highest BCUT2D eigenvalue weighted by Crippen LogP contribution is 2.32. The van der Waals surface area contributed by atoms with E-state index in [4.69, 9.17) is 10.5 Å². The highest BCUT2D eigenvalue weighted by molar-refractivity contribution is 8.01. The molecule has 1 aliphatic carbocycles. The van der Waals surface area contributed by atoms with Crippen LogP contribution in [0.3, 0.4) is 0 Å². The van der Waals surface area contributed by atoms with Crippen molar-refractivity contribution in [3.05, 3.63) is 18.2 Å². The van der Waals surface area contributed by atoms with E-state index in [1.54, 1.807) is 23.1 Å². The third-order valence-corrected chi connectivity index (χ3v) is 4.75. The van der Waals surface area contributed by atoms with Crippen LogP contribution in [-0.2, 0) is 4.74 Å². The average Bonchev–Trinajstić information content (AvgIpc) is 3.04. The van der Waals surface area contributed by atoms with Crippen LogP contribution in [0, 0.1) is 5.92 Å². The summed E-state index contributed by atoms with van der Waals surface area (Å²) in [5, 5.41) is 0. The second-order valence-corrected chi connectivity index (χ2v) is 6.48. The van der Waals surface area contributed by atoms with Gasteiger partial charge in [-0.1, -0.05) is 11.8 Å². The van der Waals surface area contributed by atoms with Crippen LogP contribution in [0.1, 0.15) is 12.8 Å². The van der Waals surface area contributed by atoms with Gasteiger partial charge in [0.25, 0.3) is 0 Å². The molecule has 1 fully saturated rings. The van der Waals surface area contributed by atoms with Crippen molar-refractivity contribution in [3.63, 3.8) is 0 Å². The van der Waals surface area contributed by atoms with Crippen LogP contribution in [0.25, 0.3) is 10.2 Å². The number of benzene rings is 1. The molecule has 5 heteroatoms. The molecule has 3 nitrogen and oxygen atoms in total. The number of rotatable bonds is 5. The Morgan fingerprint density at radius 2 is 2.35 bits per heavy atom. The van der Waals surface area contributed by atoms with Crippen LogP contribution in [0.2, 0.25) is 0 Å². The molecule has 2 N–H and O–H groups in total. The Labute approximate surface area is 108 Å². The maximum absolute atomic E-state index is 5.74. The molecule has 1 aromatic carbocycles. The maximum Gasteiger partial charge on any atom is 0.153 e. The number of aromatic nitrogens is 1. The Morgan fingerprint density at radius 3 is 3.18 bits per heavy atom. The normalized spacial score (nSPS) is 15.5. The highest BCUT2D eigenvalue weighted by atomic mass is 32.2. The summed E-state index contributed by atoms with van der Waals surface area (Å²) in [5.74, 6) is 1.52. The quantitative estimate of drug-likeness (QED) is 0.390. The average molecular weight is 266 g/mol. The minimum atomic E-state index is 0.700. The van der Waals surface area contributed by atoms with Crippen LogP contribution in [0.15, 0.2) is 22.5 Å². The summed E-state index contributed by atoms with van der Waals surface area (Å²) in [6.45, 7) is 0.908. The molecule has 0 radical (unpaired) electrons. The van der Waals surface area contributed by atoms with E-state index >= 15 is 0 Å². The summed E-state index contributed by atoms with van der Waals surface area (Å²) in [5.41, 5.74) is 7.56. The fourth-order valence-corrected chi connectivity index (χ4v) is 3.41. The van der Waals surface area contributed by atoms with E-state index in [1.165, 1.54) is 12.8 Å². The number of nitrogens with zero attached hydrogens (tertiary/aromatic N) is 1. The van der Waals surface area contributed by atoms with Gasteiger partial charge in [-0.25, -0.2) is 4.98 Å². The number of ether oxygens (including phenoxy) is 1. The van der Waals surface area contributed by atoms with Gasteiger partial charge in [-0.3, -0.25) is 0 Å². The van der Waals surface area contributed by atoms with Crippen molar-refractivity contribution < 1.29 is 4.74 Å². The van der Waals surface area contributed by atoms with E-state index < -0.39 is 0 Å². The zero-order valence-electron chi connectivity index (χ0n) is 9.39. The molecule has 17 heavy (non-hydrogen) atoms. The minimum absolute atomic E-state index is 0.700. The van der Waals surface area contributed by atoms with Gasteiger partial charge in [0.2, 0.25) is 0 Å². The number of nitrogens with two attached hydrogens (primary N) is 1. The lowest BCUT2D eigenvalue weighted by molar-refractivity contribution is 0.171. The molecule has 0 atom stereocenters. The molecule has 3 rings (SSSR count). The second kappa shape index (κ2) is 4.84. The first-order chi connectivity index (χ1) is 8.31. The fourth-order valence-electron chi connectivity index (χ4n) is 1.57. The third-order valence-electron chi connectivity index (χ3n) is 2.71. The summed E-state index contributed by atoms with van der Waals surface area (Å²) in [4.78, 5) is 4.53. The molecule has 0 aliphatic heterocycles. The predicted molar refractivity (Wildman–Crippen MR) is 73.4 cm³/mol. The zero-order valence-corrected chi connectivity index (χ0v) is 11.0. The van der Waals surface area contributed by atoms with Crippen LogP contribution >= 0.6 is 23.1 Å². The lowest BCUT2D eigenvalue weighted by Gasteiger charge is -1.99. The van der Waals surface area contributed by atoms with Crippen LogP contribution in [0.4, 0.5) is 5.69 Å². The Hall–Kier alpha value is -0.780. The van der Waals surface area contributed by atoms with Gasteiger partial charge in [0, 0.05) is 5.69 Å². The molecule has 1 aliphatic rings. The van der Waals surface area contributed by atoms with E-state index in [2.05, 4.69) is 4.98 Å². The van der Waals surface area contributed by atoms with Gasteiger partial charge in [-0.15, -0.1) is 11.3 Å². The van der Waals surface area contributed by atoms with E-state index in [1.807, 2.05) is 18.2 Å². The van der Waals surface area contributed by atoms with E-state index in [0.29, 0.717) is 5.94 Å². The second-order valence-electron chi connectivity index (χ2n) is 4.28. The molecule has 0 amide bonds. The molecule has 0 spiro atoms. The predicted octanol–water partition coefficient (Wildman–Crippen LogP) is 3.35. The van der Waals surface area contributed by atoms with E-state index in [-0.39, 0.29) is 0 Å². The molecule has 0 bridgehead atoms. The van der Waals surface area contributed by atoms with E-state index in [0.717, 1.165) is 32.8 Å². The summed E-state index contributed by atoms with van der Waals surface area (Å²) in [6, 6.07) is 5.83. The van der Waals surface area contributed by atoms with Crippen molar-refractivity contribution in [1.82, 2.24) is 4.98 Å².